The first-order chi connectivity index (χ1) is 15.0. The van der Waals surface area contributed by atoms with E-state index >= 15 is 0 Å². The number of aromatic nitrogens is 4. The summed E-state index contributed by atoms with van der Waals surface area (Å²) in [5.74, 6) is -0.0281. The SMILES string of the molecule is Cc1ncn(-c2cc(NCCNC(=O)CN3C(=O)c4ccccc4C3=O)ncn2)c1C. The Bertz CT molecular complexity index is 1140. The van der Waals surface area contributed by atoms with Crippen molar-refractivity contribution < 1.29 is 14.4 Å². The molecule has 0 radical (unpaired) electrons. The lowest BCUT2D eigenvalue weighted by atomic mass is 10.1. The van der Waals surface area contributed by atoms with Gasteiger partial charge in [-0.1, -0.05) is 12.1 Å². The van der Waals surface area contributed by atoms with E-state index in [-0.39, 0.29) is 6.54 Å². The number of aryl methyl sites for hydroxylation is 1. The molecular formula is C21H21N7O3. The lowest BCUT2D eigenvalue weighted by Crippen LogP contribution is -2.41. The summed E-state index contributed by atoms with van der Waals surface area (Å²) in [6, 6.07) is 8.33. The van der Waals surface area contributed by atoms with Gasteiger partial charge in [0.25, 0.3) is 11.8 Å². The minimum Gasteiger partial charge on any atom is -0.368 e. The number of anilines is 1. The normalized spacial score (nSPS) is 12.8. The molecule has 3 heterocycles. The molecule has 1 aliphatic rings. The average molecular weight is 419 g/mol. The van der Waals surface area contributed by atoms with Crippen LogP contribution in [-0.2, 0) is 4.79 Å². The van der Waals surface area contributed by atoms with Crippen molar-refractivity contribution >= 4 is 23.5 Å². The summed E-state index contributed by atoms with van der Waals surface area (Å²) in [6.45, 7) is 4.28. The molecule has 0 fully saturated rings. The summed E-state index contributed by atoms with van der Waals surface area (Å²) in [7, 11) is 0. The van der Waals surface area contributed by atoms with E-state index in [9.17, 15) is 14.4 Å². The lowest BCUT2D eigenvalue weighted by molar-refractivity contribution is -0.121. The summed E-state index contributed by atoms with van der Waals surface area (Å²) < 4.78 is 1.87. The van der Waals surface area contributed by atoms with Crippen LogP contribution < -0.4 is 10.6 Å². The molecule has 2 aromatic heterocycles. The van der Waals surface area contributed by atoms with Crippen molar-refractivity contribution in [2.45, 2.75) is 13.8 Å². The lowest BCUT2D eigenvalue weighted by Gasteiger charge is -2.14. The molecule has 10 heteroatoms. The molecule has 0 bridgehead atoms. The quantitative estimate of drug-likeness (QED) is 0.434. The molecule has 0 atom stereocenters. The number of rotatable bonds is 7. The van der Waals surface area contributed by atoms with Crippen molar-refractivity contribution in [2.75, 3.05) is 25.0 Å². The number of benzene rings is 1. The highest BCUT2D eigenvalue weighted by Gasteiger charge is 2.36. The Hall–Kier alpha value is -4.08. The molecule has 31 heavy (non-hydrogen) atoms. The Labute approximate surface area is 178 Å². The van der Waals surface area contributed by atoms with Crippen LogP contribution in [0.5, 0.6) is 0 Å². The number of fused-ring (bicyclic) bond motifs is 1. The fourth-order valence-electron chi connectivity index (χ4n) is 3.28. The highest BCUT2D eigenvalue weighted by atomic mass is 16.2. The number of hydrogen-bond donors (Lipinski definition) is 2. The minimum atomic E-state index is -0.451. The van der Waals surface area contributed by atoms with Gasteiger partial charge in [0.15, 0.2) is 0 Å². The highest BCUT2D eigenvalue weighted by molar-refractivity contribution is 6.22. The first kappa shape index (κ1) is 20.2. The zero-order valence-corrected chi connectivity index (χ0v) is 17.1. The third-order valence-electron chi connectivity index (χ3n) is 5.08. The maximum atomic E-state index is 12.3. The Balaban J connectivity index is 1.28. The first-order valence-electron chi connectivity index (χ1n) is 9.74. The molecule has 3 aromatic rings. The van der Waals surface area contributed by atoms with E-state index in [2.05, 4.69) is 25.6 Å². The van der Waals surface area contributed by atoms with Gasteiger partial charge in [0.1, 0.15) is 30.8 Å². The monoisotopic (exact) mass is 419 g/mol. The Morgan fingerprint density at radius 2 is 1.71 bits per heavy atom. The zero-order valence-electron chi connectivity index (χ0n) is 17.1. The van der Waals surface area contributed by atoms with Crippen molar-refractivity contribution in [1.82, 2.24) is 29.7 Å². The van der Waals surface area contributed by atoms with E-state index in [1.807, 2.05) is 18.4 Å². The fourth-order valence-corrected chi connectivity index (χ4v) is 3.28. The fraction of sp³-hybridized carbons (Fsp3) is 0.238. The maximum absolute atomic E-state index is 12.3. The summed E-state index contributed by atoms with van der Waals surface area (Å²) >= 11 is 0. The van der Waals surface area contributed by atoms with Crippen molar-refractivity contribution in [3.63, 3.8) is 0 Å². The second-order valence-corrected chi connectivity index (χ2v) is 7.07. The van der Waals surface area contributed by atoms with Crippen LogP contribution in [0.25, 0.3) is 5.82 Å². The topological polar surface area (TPSA) is 122 Å². The predicted molar refractivity (Wildman–Crippen MR) is 112 cm³/mol. The number of nitrogens with one attached hydrogen (secondary N) is 2. The number of imide groups is 1. The average Bonchev–Trinajstić information content (AvgIpc) is 3.23. The summed E-state index contributed by atoms with van der Waals surface area (Å²) in [5, 5.41) is 5.81. The van der Waals surface area contributed by atoms with Crippen LogP contribution in [-0.4, -0.2) is 61.8 Å². The molecule has 0 saturated heterocycles. The zero-order chi connectivity index (χ0) is 22.0. The third kappa shape index (κ3) is 4.00. The molecule has 0 saturated carbocycles. The van der Waals surface area contributed by atoms with Crippen LogP contribution >= 0.6 is 0 Å². The smallest absolute Gasteiger partial charge is 0.262 e. The van der Waals surface area contributed by atoms with Crippen molar-refractivity contribution in [3.05, 3.63) is 65.5 Å². The second-order valence-electron chi connectivity index (χ2n) is 7.07. The van der Waals surface area contributed by atoms with Crippen molar-refractivity contribution in [2.24, 2.45) is 0 Å². The van der Waals surface area contributed by atoms with Crippen LogP contribution in [0.3, 0.4) is 0 Å². The van der Waals surface area contributed by atoms with Gasteiger partial charge in [-0.2, -0.15) is 0 Å². The van der Waals surface area contributed by atoms with E-state index in [1.54, 1.807) is 36.7 Å². The third-order valence-corrected chi connectivity index (χ3v) is 5.08. The van der Waals surface area contributed by atoms with Crippen LogP contribution in [0, 0.1) is 13.8 Å². The van der Waals surface area contributed by atoms with Crippen LogP contribution in [0.15, 0.2) is 43.0 Å². The molecule has 2 N–H and O–H groups in total. The molecular weight excluding hydrogens is 398 g/mol. The van der Waals surface area contributed by atoms with Crippen LogP contribution in [0.4, 0.5) is 5.82 Å². The van der Waals surface area contributed by atoms with E-state index in [1.165, 1.54) is 6.33 Å². The largest absolute Gasteiger partial charge is 0.368 e. The Morgan fingerprint density at radius 1 is 1.00 bits per heavy atom. The number of amides is 3. The standard InChI is InChI=1S/C21H21N7O3/c1-13-14(2)28(12-26-13)18-9-17(24-11-25-18)22-7-8-23-19(29)10-27-20(30)15-5-3-4-6-16(15)21(27)31/h3-6,9,11-12H,7-8,10H2,1-2H3,(H,23,29)(H,22,24,25). The van der Waals surface area contributed by atoms with Gasteiger partial charge in [0.2, 0.25) is 5.91 Å². The Kier molecular flexibility index (Phi) is 5.44. The Morgan fingerprint density at radius 3 is 2.35 bits per heavy atom. The van der Waals surface area contributed by atoms with Crippen LogP contribution in [0.2, 0.25) is 0 Å². The second kappa shape index (κ2) is 8.34. The number of imidazole rings is 1. The van der Waals surface area contributed by atoms with E-state index < -0.39 is 17.7 Å². The molecule has 158 valence electrons. The molecule has 0 aliphatic carbocycles. The van der Waals surface area contributed by atoms with Gasteiger partial charge >= 0.3 is 0 Å². The van der Waals surface area contributed by atoms with Gasteiger partial charge in [-0.05, 0) is 26.0 Å². The van der Waals surface area contributed by atoms with Crippen LogP contribution in [0.1, 0.15) is 32.1 Å². The minimum absolute atomic E-state index is 0.296. The van der Waals surface area contributed by atoms with Gasteiger partial charge < -0.3 is 10.6 Å². The van der Waals surface area contributed by atoms with E-state index in [0.717, 1.165) is 16.3 Å². The number of carbonyl (C=O) groups excluding carboxylic acids is 3. The van der Waals surface area contributed by atoms with Gasteiger partial charge in [0.05, 0.1) is 16.8 Å². The predicted octanol–water partition coefficient (Wildman–Crippen LogP) is 1.10. The molecule has 10 nitrogen and oxygen atoms in total. The van der Waals surface area contributed by atoms with Gasteiger partial charge in [-0.25, -0.2) is 15.0 Å². The molecule has 0 spiro atoms. The molecule has 3 amide bonds. The number of carbonyl (C=O) groups is 3. The summed E-state index contributed by atoms with van der Waals surface area (Å²) in [5.41, 5.74) is 2.56. The number of nitrogens with zero attached hydrogens (tertiary/aromatic N) is 5. The van der Waals surface area contributed by atoms with Crippen molar-refractivity contribution in [3.8, 4) is 5.82 Å². The highest BCUT2D eigenvalue weighted by Crippen LogP contribution is 2.21. The molecule has 4 rings (SSSR count). The molecule has 0 unspecified atom stereocenters. The summed E-state index contributed by atoms with van der Waals surface area (Å²) in [6.07, 6.45) is 3.16. The number of hydrogen-bond acceptors (Lipinski definition) is 7. The maximum Gasteiger partial charge on any atom is 0.262 e. The van der Waals surface area contributed by atoms with E-state index in [0.29, 0.717) is 35.9 Å². The van der Waals surface area contributed by atoms with Gasteiger partial charge in [-0.3, -0.25) is 23.9 Å². The van der Waals surface area contributed by atoms with Gasteiger partial charge in [-0.15, -0.1) is 0 Å². The molecule has 1 aromatic carbocycles. The summed E-state index contributed by atoms with van der Waals surface area (Å²) in [4.78, 5) is 50.5. The van der Waals surface area contributed by atoms with Gasteiger partial charge in [0, 0.05) is 24.8 Å². The van der Waals surface area contributed by atoms with E-state index in [4.69, 9.17) is 0 Å². The van der Waals surface area contributed by atoms with Crippen molar-refractivity contribution in [1.29, 1.82) is 0 Å². The molecule has 1 aliphatic heterocycles. The first-order valence-corrected chi connectivity index (χ1v) is 9.74.